The predicted octanol–water partition coefficient (Wildman–Crippen LogP) is 2.36. The van der Waals surface area contributed by atoms with Crippen LogP contribution in [0.2, 0.25) is 0 Å². The zero-order valence-corrected chi connectivity index (χ0v) is 12.2. The Morgan fingerprint density at radius 3 is 2.50 bits per heavy atom. The molecule has 104 valence electrons. The number of aromatic nitrogens is 1. The first-order chi connectivity index (χ1) is 9.52. The molecular weight excluding hydrogens is 248 g/mol. The van der Waals surface area contributed by atoms with E-state index >= 15 is 0 Å². The monoisotopic (exact) mass is 269 g/mol. The van der Waals surface area contributed by atoms with Crippen molar-refractivity contribution >= 4 is 5.82 Å². The van der Waals surface area contributed by atoms with Crippen molar-refractivity contribution in [3.8, 4) is 0 Å². The lowest BCUT2D eigenvalue weighted by molar-refractivity contribution is -0.683. The summed E-state index contributed by atoms with van der Waals surface area (Å²) in [7, 11) is 0. The van der Waals surface area contributed by atoms with Gasteiger partial charge in [-0.2, -0.15) is 0 Å². The first-order valence-electron chi connectivity index (χ1n) is 7.10. The van der Waals surface area contributed by atoms with E-state index in [4.69, 9.17) is 0 Å². The summed E-state index contributed by atoms with van der Waals surface area (Å²) in [6.45, 7) is 6.85. The fourth-order valence-corrected chi connectivity index (χ4v) is 3.07. The number of hydrogen-bond acceptors (Lipinski definition) is 2. The van der Waals surface area contributed by atoms with Gasteiger partial charge in [0, 0.05) is 11.6 Å². The maximum Gasteiger partial charge on any atom is 0.279 e. The number of fused-ring (bicyclic) bond motifs is 1. The van der Waals surface area contributed by atoms with E-state index in [0.29, 0.717) is 6.54 Å². The van der Waals surface area contributed by atoms with Crippen molar-refractivity contribution in [2.45, 2.75) is 39.1 Å². The van der Waals surface area contributed by atoms with E-state index < -0.39 is 5.72 Å². The lowest BCUT2D eigenvalue weighted by Crippen LogP contribution is -2.48. The molecule has 0 bridgehead atoms. The molecule has 3 rings (SSSR count). The van der Waals surface area contributed by atoms with Crippen molar-refractivity contribution in [2.75, 3.05) is 4.90 Å². The summed E-state index contributed by atoms with van der Waals surface area (Å²) in [5.41, 5.74) is 1.17. The highest BCUT2D eigenvalue weighted by molar-refractivity contribution is 5.44. The number of benzene rings is 1. The molecule has 3 heteroatoms. The third-order valence-electron chi connectivity index (χ3n) is 3.98. The highest BCUT2D eigenvalue weighted by Crippen LogP contribution is 2.36. The third-order valence-corrected chi connectivity index (χ3v) is 3.98. The van der Waals surface area contributed by atoms with Crippen molar-refractivity contribution < 1.29 is 9.67 Å². The maximum absolute atomic E-state index is 11.3. The Morgan fingerprint density at radius 2 is 1.85 bits per heavy atom. The molecule has 1 aliphatic heterocycles. The summed E-state index contributed by atoms with van der Waals surface area (Å²) in [6, 6.07) is 14.5. The van der Waals surface area contributed by atoms with Gasteiger partial charge in [-0.3, -0.25) is 0 Å². The topological polar surface area (TPSA) is 27.4 Å². The molecule has 1 atom stereocenters. The van der Waals surface area contributed by atoms with Gasteiger partial charge >= 0.3 is 0 Å². The van der Waals surface area contributed by atoms with Crippen LogP contribution in [-0.2, 0) is 12.3 Å². The number of aliphatic hydroxyl groups is 1. The van der Waals surface area contributed by atoms with Crippen molar-refractivity contribution in [2.24, 2.45) is 0 Å². The molecule has 0 spiro atoms. The molecule has 0 amide bonds. The number of rotatable bonds is 2. The van der Waals surface area contributed by atoms with E-state index in [1.165, 1.54) is 5.56 Å². The van der Waals surface area contributed by atoms with Gasteiger partial charge in [0.05, 0.1) is 12.2 Å². The number of hydrogen-bond donors (Lipinski definition) is 1. The molecule has 0 aliphatic carbocycles. The first-order valence-corrected chi connectivity index (χ1v) is 7.10. The minimum absolute atomic E-state index is 0.220. The Morgan fingerprint density at radius 1 is 1.15 bits per heavy atom. The Bertz CT molecular complexity index is 621. The second kappa shape index (κ2) is 4.60. The number of anilines is 1. The molecule has 1 aliphatic rings. The van der Waals surface area contributed by atoms with Crippen molar-refractivity contribution in [1.29, 1.82) is 0 Å². The fraction of sp³-hybridized carbons (Fsp3) is 0.353. The second-order valence-electron chi connectivity index (χ2n) is 5.83. The Labute approximate surface area is 120 Å². The van der Waals surface area contributed by atoms with E-state index in [2.05, 4.69) is 48.4 Å². The van der Waals surface area contributed by atoms with E-state index in [0.717, 1.165) is 11.4 Å². The van der Waals surface area contributed by atoms with Gasteiger partial charge in [0.25, 0.3) is 11.5 Å². The summed E-state index contributed by atoms with van der Waals surface area (Å²) in [5, 5.41) is 11.3. The molecule has 20 heavy (non-hydrogen) atoms. The Balaban J connectivity index is 2.11. The lowest BCUT2D eigenvalue weighted by atomic mass is 9.99. The number of nitrogens with zero attached hydrogens (tertiary/aromatic N) is 2. The summed E-state index contributed by atoms with van der Waals surface area (Å²) in [4.78, 5) is 2.09. The summed E-state index contributed by atoms with van der Waals surface area (Å²) in [6.07, 6.45) is 2.02. The van der Waals surface area contributed by atoms with Gasteiger partial charge < -0.3 is 5.11 Å². The van der Waals surface area contributed by atoms with E-state index in [-0.39, 0.29) is 6.04 Å². The molecular formula is C17H21N2O+. The molecule has 0 saturated heterocycles. The Kier molecular flexibility index (Phi) is 3.02. The highest BCUT2D eigenvalue weighted by Gasteiger charge is 2.52. The van der Waals surface area contributed by atoms with Crippen LogP contribution in [0.5, 0.6) is 0 Å². The van der Waals surface area contributed by atoms with Gasteiger partial charge in [0.15, 0.2) is 6.54 Å². The van der Waals surface area contributed by atoms with Gasteiger partial charge in [0.1, 0.15) is 0 Å². The van der Waals surface area contributed by atoms with Gasteiger partial charge in [-0.1, -0.05) is 35.9 Å². The maximum atomic E-state index is 11.3. The van der Waals surface area contributed by atoms with Crippen molar-refractivity contribution in [1.82, 2.24) is 0 Å². The van der Waals surface area contributed by atoms with Crippen molar-refractivity contribution in [3.63, 3.8) is 0 Å². The van der Waals surface area contributed by atoms with Gasteiger partial charge in [-0.25, -0.2) is 9.47 Å². The van der Waals surface area contributed by atoms with Crippen LogP contribution in [0.4, 0.5) is 5.82 Å². The normalized spacial score (nSPS) is 21.4. The van der Waals surface area contributed by atoms with E-state index in [1.807, 2.05) is 30.5 Å². The molecule has 0 radical (unpaired) electrons. The standard InChI is InChI=1S/C17H21N2O/c1-13(2)19-16-6-4-5-11-18(16)12-17(19,20)15-9-7-14(3)8-10-15/h4-11,13,20H,12H2,1-3H3/q+1/t17-/m1/s1. The predicted molar refractivity (Wildman–Crippen MR) is 79.3 cm³/mol. The SMILES string of the molecule is Cc1ccc([C@]2(O)C[n+]3ccccc3N2C(C)C)cc1. The molecule has 1 aromatic carbocycles. The number of aryl methyl sites for hydroxylation is 1. The molecule has 0 unspecified atom stereocenters. The Hall–Kier alpha value is -1.87. The first kappa shape index (κ1) is 13.1. The molecule has 1 aromatic heterocycles. The minimum atomic E-state index is -0.976. The summed E-state index contributed by atoms with van der Waals surface area (Å²) < 4.78 is 2.11. The van der Waals surface area contributed by atoms with Gasteiger partial charge in [-0.15, -0.1) is 0 Å². The van der Waals surface area contributed by atoms with Gasteiger partial charge in [-0.05, 0) is 26.8 Å². The molecule has 2 aromatic rings. The minimum Gasteiger partial charge on any atom is -0.346 e. The van der Waals surface area contributed by atoms with Crippen LogP contribution in [0.1, 0.15) is 25.0 Å². The number of pyridine rings is 1. The smallest absolute Gasteiger partial charge is 0.279 e. The van der Waals surface area contributed by atoms with Crippen LogP contribution in [0.25, 0.3) is 0 Å². The van der Waals surface area contributed by atoms with Gasteiger partial charge in [0.2, 0.25) is 0 Å². The van der Waals surface area contributed by atoms with E-state index in [1.54, 1.807) is 0 Å². The lowest BCUT2D eigenvalue weighted by Gasteiger charge is -2.30. The second-order valence-corrected chi connectivity index (χ2v) is 5.83. The van der Waals surface area contributed by atoms with Crippen LogP contribution in [0.3, 0.4) is 0 Å². The van der Waals surface area contributed by atoms with Crippen molar-refractivity contribution in [3.05, 3.63) is 59.8 Å². The van der Waals surface area contributed by atoms with Crippen LogP contribution in [-0.4, -0.2) is 11.1 Å². The van der Waals surface area contributed by atoms with Crippen LogP contribution >= 0.6 is 0 Å². The third kappa shape index (κ3) is 1.90. The molecule has 2 heterocycles. The fourth-order valence-electron chi connectivity index (χ4n) is 3.07. The molecule has 0 saturated carbocycles. The quantitative estimate of drug-likeness (QED) is 0.847. The van der Waals surface area contributed by atoms with Crippen LogP contribution in [0.15, 0.2) is 48.7 Å². The molecule has 1 N–H and O–H groups in total. The average molecular weight is 269 g/mol. The van der Waals surface area contributed by atoms with Crippen LogP contribution in [0, 0.1) is 6.92 Å². The zero-order chi connectivity index (χ0) is 14.3. The average Bonchev–Trinajstić information content (AvgIpc) is 2.72. The summed E-state index contributed by atoms with van der Waals surface area (Å²) in [5.74, 6) is 1.06. The summed E-state index contributed by atoms with van der Waals surface area (Å²) >= 11 is 0. The molecule has 0 fully saturated rings. The zero-order valence-electron chi connectivity index (χ0n) is 12.2. The largest absolute Gasteiger partial charge is 0.346 e. The molecule has 3 nitrogen and oxygen atoms in total. The van der Waals surface area contributed by atoms with E-state index in [9.17, 15) is 5.11 Å². The highest BCUT2D eigenvalue weighted by atomic mass is 16.3. The van der Waals surface area contributed by atoms with Crippen LogP contribution < -0.4 is 9.47 Å².